The summed E-state index contributed by atoms with van der Waals surface area (Å²) in [6.07, 6.45) is 1.62. The summed E-state index contributed by atoms with van der Waals surface area (Å²) in [5.41, 5.74) is 1.54. The van der Waals surface area contributed by atoms with Gasteiger partial charge in [0.1, 0.15) is 11.7 Å². The van der Waals surface area contributed by atoms with Crippen LogP contribution < -0.4 is 4.74 Å². The minimum atomic E-state index is -0.455. The number of hydrogen-bond donors (Lipinski definition) is 0. The fourth-order valence-corrected chi connectivity index (χ4v) is 2.26. The van der Waals surface area contributed by atoms with Gasteiger partial charge in [0.15, 0.2) is 17.3 Å². The molecule has 6 heteroatoms. The highest BCUT2D eigenvalue weighted by Crippen LogP contribution is 2.30. The van der Waals surface area contributed by atoms with Crippen molar-refractivity contribution in [3.8, 4) is 23.2 Å². The first kappa shape index (κ1) is 13.8. The zero-order valence-electron chi connectivity index (χ0n) is 12.1. The van der Waals surface area contributed by atoms with Crippen molar-refractivity contribution < 1.29 is 9.53 Å². The molecule has 2 heterocycles. The van der Waals surface area contributed by atoms with Crippen LogP contribution >= 0.6 is 0 Å². The Balaban J connectivity index is 2.28. The van der Waals surface area contributed by atoms with Crippen molar-refractivity contribution in [2.24, 2.45) is 7.05 Å². The molecule has 0 fully saturated rings. The number of ether oxygens (including phenoxy) is 1. The Morgan fingerprint density at radius 2 is 2.00 bits per heavy atom. The molecule has 0 amide bonds. The lowest BCUT2D eigenvalue weighted by atomic mass is 10.2. The van der Waals surface area contributed by atoms with Gasteiger partial charge in [-0.15, -0.1) is 0 Å². The van der Waals surface area contributed by atoms with Gasteiger partial charge in [-0.3, -0.25) is 4.79 Å². The predicted octanol–water partition coefficient (Wildman–Crippen LogP) is 2.43. The summed E-state index contributed by atoms with van der Waals surface area (Å²) in [4.78, 5) is 20.0. The Labute approximate surface area is 126 Å². The average Bonchev–Trinajstić information content (AvgIpc) is 2.83. The molecule has 0 saturated heterocycles. The van der Waals surface area contributed by atoms with E-state index in [1.165, 1.54) is 6.92 Å². The first-order valence-electron chi connectivity index (χ1n) is 6.61. The van der Waals surface area contributed by atoms with Gasteiger partial charge in [-0.2, -0.15) is 5.26 Å². The zero-order valence-corrected chi connectivity index (χ0v) is 12.1. The number of fused-ring (bicyclic) bond motifs is 1. The van der Waals surface area contributed by atoms with Gasteiger partial charge in [-0.25, -0.2) is 9.97 Å². The lowest BCUT2D eigenvalue weighted by molar-refractivity contribution is -0.131. The Kier molecular flexibility index (Phi) is 3.31. The second-order valence-corrected chi connectivity index (χ2v) is 4.77. The molecule has 0 bridgehead atoms. The van der Waals surface area contributed by atoms with E-state index in [4.69, 9.17) is 4.74 Å². The van der Waals surface area contributed by atoms with E-state index in [-0.39, 0.29) is 5.69 Å². The van der Waals surface area contributed by atoms with Crippen LogP contribution in [0.5, 0.6) is 5.75 Å². The number of carbonyl (C=O) groups excluding carboxylic acids is 1. The number of carbonyl (C=O) groups is 1. The third-order valence-corrected chi connectivity index (χ3v) is 3.17. The Morgan fingerprint density at radius 1 is 1.27 bits per heavy atom. The summed E-state index contributed by atoms with van der Waals surface area (Å²) in [5.74, 6) is 0.296. The van der Waals surface area contributed by atoms with E-state index in [0.29, 0.717) is 22.6 Å². The Morgan fingerprint density at radius 3 is 2.64 bits per heavy atom. The van der Waals surface area contributed by atoms with Crippen molar-refractivity contribution in [1.29, 1.82) is 5.26 Å². The topological polar surface area (TPSA) is 80.8 Å². The van der Waals surface area contributed by atoms with E-state index >= 15 is 0 Å². The minimum absolute atomic E-state index is 0.181. The quantitative estimate of drug-likeness (QED) is 0.678. The highest BCUT2D eigenvalue weighted by Gasteiger charge is 2.18. The fraction of sp³-hybridized carbons (Fsp3) is 0.125. The third-order valence-electron chi connectivity index (χ3n) is 3.17. The first-order chi connectivity index (χ1) is 10.6. The van der Waals surface area contributed by atoms with Crippen LogP contribution in [-0.4, -0.2) is 20.5 Å². The van der Waals surface area contributed by atoms with Crippen molar-refractivity contribution >= 4 is 17.0 Å². The van der Waals surface area contributed by atoms with Crippen molar-refractivity contribution in [2.45, 2.75) is 6.92 Å². The summed E-state index contributed by atoms with van der Waals surface area (Å²) in [5, 5.41) is 9.83. The van der Waals surface area contributed by atoms with E-state index in [9.17, 15) is 10.1 Å². The number of hydrogen-bond acceptors (Lipinski definition) is 5. The normalized spacial score (nSPS) is 10.4. The molecule has 6 nitrogen and oxygen atoms in total. The molecule has 0 atom stereocenters. The first-order valence-corrected chi connectivity index (χ1v) is 6.61. The molecular weight excluding hydrogens is 280 g/mol. The van der Waals surface area contributed by atoms with Crippen molar-refractivity contribution in [3.63, 3.8) is 0 Å². The average molecular weight is 292 g/mol. The fourth-order valence-electron chi connectivity index (χ4n) is 2.26. The van der Waals surface area contributed by atoms with Crippen LogP contribution in [0.3, 0.4) is 0 Å². The molecule has 0 spiro atoms. The summed E-state index contributed by atoms with van der Waals surface area (Å²) >= 11 is 0. The predicted molar refractivity (Wildman–Crippen MR) is 80.0 cm³/mol. The van der Waals surface area contributed by atoms with Gasteiger partial charge in [0.25, 0.3) is 0 Å². The molecule has 0 N–H and O–H groups in total. The van der Waals surface area contributed by atoms with Gasteiger partial charge in [0, 0.05) is 25.7 Å². The second kappa shape index (κ2) is 5.30. The molecule has 0 aliphatic heterocycles. The summed E-state index contributed by atoms with van der Waals surface area (Å²) in [6.45, 7) is 1.31. The smallest absolute Gasteiger partial charge is 0.308 e. The number of nitrogens with zero attached hydrogens (tertiary/aromatic N) is 4. The second-order valence-electron chi connectivity index (χ2n) is 4.77. The standard InChI is InChI=1S/C16H12N4O2/c1-10(21)22-13-9-20(2)16-14(13)12(8-17)18-15(19-16)11-6-4-3-5-7-11/h3-7,9H,1-2H3. The Hall–Kier alpha value is -3.20. The maximum atomic E-state index is 11.2. The van der Waals surface area contributed by atoms with E-state index in [1.54, 1.807) is 17.8 Å². The van der Waals surface area contributed by atoms with Gasteiger partial charge < -0.3 is 9.30 Å². The van der Waals surface area contributed by atoms with Crippen molar-refractivity contribution in [3.05, 3.63) is 42.2 Å². The Bertz CT molecular complexity index is 907. The third kappa shape index (κ3) is 2.29. The molecule has 0 saturated carbocycles. The van der Waals surface area contributed by atoms with E-state index in [0.717, 1.165) is 5.56 Å². The monoisotopic (exact) mass is 292 g/mol. The van der Waals surface area contributed by atoms with Gasteiger partial charge in [-0.05, 0) is 0 Å². The molecule has 3 aromatic rings. The number of rotatable bonds is 2. The van der Waals surface area contributed by atoms with Gasteiger partial charge >= 0.3 is 5.97 Å². The number of nitriles is 1. The molecule has 0 unspecified atom stereocenters. The SMILES string of the molecule is CC(=O)Oc1cn(C)c2nc(-c3ccccc3)nc(C#N)c12. The maximum absolute atomic E-state index is 11.2. The summed E-state index contributed by atoms with van der Waals surface area (Å²) in [7, 11) is 1.78. The highest BCUT2D eigenvalue weighted by atomic mass is 16.5. The zero-order chi connectivity index (χ0) is 15.7. The number of aromatic nitrogens is 3. The van der Waals surface area contributed by atoms with Crippen LogP contribution in [0.25, 0.3) is 22.4 Å². The van der Waals surface area contributed by atoms with Crippen LogP contribution in [0.4, 0.5) is 0 Å². The lowest BCUT2D eigenvalue weighted by Crippen LogP contribution is -2.01. The molecule has 108 valence electrons. The maximum Gasteiger partial charge on any atom is 0.308 e. The van der Waals surface area contributed by atoms with E-state index in [1.807, 2.05) is 30.3 Å². The lowest BCUT2D eigenvalue weighted by Gasteiger charge is -2.04. The molecular formula is C16H12N4O2. The molecule has 1 aromatic carbocycles. The molecule has 22 heavy (non-hydrogen) atoms. The molecule has 0 aliphatic rings. The minimum Gasteiger partial charge on any atom is -0.424 e. The van der Waals surface area contributed by atoms with Crippen molar-refractivity contribution in [2.75, 3.05) is 0 Å². The van der Waals surface area contributed by atoms with Crippen LogP contribution in [0.1, 0.15) is 12.6 Å². The van der Waals surface area contributed by atoms with Gasteiger partial charge in [0.05, 0.1) is 5.39 Å². The molecule has 0 aliphatic carbocycles. The summed E-state index contributed by atoms with van der Waals surface area (Å²) in [6, 6.07) is 11.5. The molecule has 0 radical (unpaired) electrons. The summed E-state index contributed by atoms with van der Waals surface area (Å²) < 4.78 is 6.86. The molecule has 3 rings (SSSR count). The van der Waals surface area contributed by atoms with Crippen LogP contribution in [0.2, 0.25) is 0 Å². The van der Waals surface area contributed by atoms with Crippen molar-refractivity contribution in [1.82, 2.24) is 14.5 Å². The van der Waals surface area contributed by atoms with E-state index < -0.39 is 5.97 Å². The van der Waals surface area contributed by atoms with Crippen LogP contribution in [0, 0.1) is 11.3 Å². The number of benzene rings is 1. The number of esters is 1. The van der Waals surface area contributed by atoms with Gasteiger partial charge in [0.2, 0.25) is 0 Å². The van der Waals surface area contributed by atoms with Gasteiger partial charge in [-0.1, -0.05) is 30.3 Å². The largest absolute Gasteiger partial charge is 0.424 e. The molecule has 2 aromatic heterocycles. The highest BCUT2D eigenvalue weighted by molar-refractivity contribution is 5.91. The van der Waals surface area contributed by atoms with E-state index in [2.05, 4.69) is 16.0 Å². The van der Waals surface area contributed by atoms with Crippen LogP contribution in [-0.2, 0) is 11.8 Å². The van der Waals surface area contributed by atoms with Crippen LogP contribution in [0.15, 0.2) is 36.5 Å². The number of aryl methyl sites for hydroxylation is 1.